The highest BCUT2D eigenvalue weighted by Crippen LogP contribution is 2.30. The van der Waals surface area contributed by atoms with Crippen molar-refractivity contribution >= 4 is 40.1 Å². The molecule has 0 spiro atoms. The lowest BCUT2D eigenvalue weighted by atomic mass is 9.94. The molecule has 5 aromatic rings. The molecule has 5 rings (SSSR count). The zero-order valence-corrected chi connectivity index (χ0v) is 24.3. The third-order valence-corrected chi connectivity index (χ3v) is 7.85. The Morgan fingerprint density at radius 2 is 1.62 bits per heavy atom. The smallest absolute Gasteiger partial charge is 0.326 e. The minimum atomic E-state index is -1.03. The molecule has 1 heterocycles. The SMILES string of the molecule is CSCCC(NC(=O)c1ccc(CN(Cc2ccccc2)c2cccnc2)cc1-c1ccc2ccccc2c1)C(=O)O. The number of pyridine rings is 1. The second kappa shape index (κ2) is 13.8. The van der Waals surface area contributed by atoms with Crippen molar-refractivity contribution in [3.63, 3.8) is 0 Å². The van der Waals surface area contributed by atoms with E-state index in [0.717, 1.165) is 33.2 Å². The van der Waals surface area contributed by atoms with Gasteiger partial charge in [-0.05, 0) is 81.8 Å². The average Bonchev–Trinajstić information content (AvgIpc) is 3.03. The summed E-state index contributed by atoms with van der Waals surface area (Å²) in [5.41, 5.74) is 5.29. The number of aromatic nitrogens is 1. The molecule has 2 N–H and O–H groups in total. The van der Waals surface area contributed by atoms with Crippen LogP contribution in [0.4, 0.5) is 5.69 Å². The van der Waals surface area contributed by atoms with Crippen LogP contribution in [0.15, 0.2) is 116 Å². The number of carbonyl (C=O) groups is 2. The van der Waals surface area contributed by atoms with E-state index in [1.54, 1.807) is 18.0 Å². The number of carboxylic acids is 1. The van der Waals surface area contributed by atoms with Gasteiger partial charge in [0, 0.05) is 24.8 Å². The molecule has 212 valence electrons. The van der Waals surface area contributed by atoms with Gasteiger partial charge in [0.15, 0.2) is 0 Å². The Morgan fingerprint density at radius 3 is 2.36 bits per heavy atom. The lowest BCUT2D eigenvalue weighted by Gasteiger charge is -2.25. The molecular weight excluding hydrogens is 542 g/mol. The number of nitrogens with zero attached hydrogens (tertiary/aromatic N) is 2. The molecule has 0 aliphatic rings. The minimum Gasteiger partial charge on any atom is -0.480 e. The van der Waals surface area contributed by atoms with Gasteiger partial charge in [0.25, 0.3) is 5.91 Å². The number of fused-ring (bicyclic) bond motifs is 1. The molecule has 0 saturated carbocycles. The molecule has 0 bridgehead atoms. The molecule has 0 aliphatic carbocycles. The lowest BCUT2D eigenvalue weighted by Crippen LogP contribution is -2.41. The zero-order chi connectivity index (χ0) is 29.3. The molecule has 4 aromatic carbocycles. The highest BCUT2D eigenvalue weighted by Gasteiger charge is 2.23. The molecule has 0 aliphatic heterocycles. The fourth-order valence-corrected chi connectivity index (χ4v) is 5.49. The van der Waals surface area contributed by atoms with Crippen molar-refractivity contribution in [3.05, 3.63) is 132 Å². The van der Waals surface area contributed by atoms with Crippen LogP contribution >= 0.6 is 11.8 Å². The first-order chi connectivity index (χ1) is 20.5. The van der Waals surface area contributed by atoms with Crippen LogP contribution in [0.3, 0.4) is 0 Å². The molecule has 1 atom stereocenters. The Labute approximate surface area is 250 Å². The number of hydrogen-bond acceptors (Lipinski definition) is 5. The van der Waals surface area contributed by atoms with Crippen LogP contribution in [-0.4, -0.2) is 40.0 Å². The number of hydrogen-bond donors (Lipinski definition) is 2. The molecule has 0 radical (unpaired) electrons. The predicted molar refractivity (Wildman–Crippen MR) is 172 cm³/mol. The van der Waals surface area contributed by atoms with Gasteiger partial charge in [0.05, 0.1) is 11.9 Å². The van der Waals surface area contributed by atoms with Crippen LogP contribution in [0.2, 0.25) is 0 Å². The van der Waals surface area contributed by atoms with E-state index in [9.17, 15) is 14.7 Å². The number of carboxylic acid groups (broad SMARTS) is 1. The Balaban J connectivity index is 1.53. The summed E-state index contributed by atoms with van der Waals surface area (Å²) in [6.45, 7) is 1.28. The number of rotatable bonds is 12. The second-order valence-corrected chi connectivity index (χ2v) is 11.1. The summed E-state index contributed by atoms with van der Waals surface area (Å²) >= 11 is 1.55. The average molecular weight is 576 g/mol. The van der Waals surface area contributed by atoms with Crippen LogP contribution < -0.4 is 10.2 Å². The first-order valence-electron chi connectivity index (χ1n) is 13.9. The summed E-state index contributed by atoms with van der Waals surface area (Å²) in [7, 11) is 0. The van der Waals surface area contributed by atoms with Crippen LogP contribution in [0.1, 0.15) is 27.9 Å². The first-order valence-corrected chi connectivity index (χ1v) is 15.2. The monoisotopic (exact) mass is 575 g/mol. The number of thioether (sulfide) groups is 1. The standard InChI is InChI=1S/C35H33N3O3S/c1-42-19-17-33(35(40)41)37-34(39)31-16-13-26(20-32(31)29-15-14-27-10-5-6-11-28(27)21-29)24-38(30-12-7-18-36-22-30)23-25-8-3-2-4-9-25/h2-16,18,20-22,33H,17,19,23-24H2,1H3,(H,37,39)(H,40,41). The van der Waals surface area contributed by atoms with Crippen LogP contribution in [-0.2, 0) is 17.9 Å². The topological polar surface area (TPSA) is 82.5 Å². The van der Waals surface area contributed by atoms with Gasteiger partial charge in [0.1, 0.15) is 6.04 Å². The minimum absolute atomic E-state index is 0.352. The van der Waals surface area contributed by atoms with Gasteiger partial charge in [-0.15, -0.1) is 0 Å². The van der Waals surface area contributed by atoms with E-state index in [4.69, 9.17) is 0 Å². The van der Waals surface area contributed by atoms with Gasteiger partial charge in [0.2, 0.25) is 0 Å². The molecule has 1 unspecified atom stereocenters. The predicted octanol–water partition coefficient (Wildman–Crippen LogP) is 7.04. The van der Waals surface area contributed by atoms with Crippen molar-refractivity contribution in [2.75, 3.05) is 16.9 Å². The molecular formula is C35H33N3O3S. The van der Waals surface area contributed by atoms with Crippen LogP contribution in [0, 0.1) is 0 Å². The highest BCUT2D eigenvalue weighted by atomic mass is 32.2. The van der Waals surface area contributed by atoms with Gasteiger partial charge in [-0.25, -0.2) is 4.79 Å². The van der Waals surface area contributed by atoms with E-state index in [2.05, 4.69) is 51.6 Å². The number of anilines is 1. The summed E-state index contributed by atoms with van der Waals surface area (Å²) in [6, 6.07) is 33.4. The van der Waals surface area contributed by atoms with Crippen molar-refractivity contribution in [2.24, 2.45) is 0 Å². The van der Waals surface area contributed by atoms with Crippen molar-refractivity contribution < 1.29 is 14.7 Å². The third kappa shape index (κ3) is 7.17. The van der Waals surface area contributed by atoms with Gasteiger partial charge >= 0.3 is 5.97 Å². The zero-order valence-electron chi connectivity index (χ0n) is 23.4. The van der Waals surface area contributed by atoms with Crippen molar-refractivity contribution in [1.29, 1.82) is 0 Å². The Hall–Kier alpha value is -4.62. The van der Waals surface area contributed by atoms with Crippen LogP contribution in [0.25, 0.3) is 21.9 Å². The second-order valence-electron chi connectivity index (χ2n) is 10.1. The lowest BCUT2D eigenvalue weighted by molar-refractivity contribution is -0.139. The number of benzene rings is 4. The fraction of sp³-hybridized carbons (Fsp3) is 0.171. The summed E-state index contributed by atoms with van der Waals surface area (Å²) in [5.74, 6) is -0.792. The molecule has 0 fully saturated rings. The maximum Gasteiger partial charge on any atom is 0.326 e. The number of amides is 1. The third-order valence-electron chi connectivity index (χ3n) is 7.20. The summed E-state index contributed by atoms with van der Waals surface area (Å²) in [6.07, 6.45) is 5.89. The molecule has 1 aromatic heterocycles. The maximum absolute atomic E-state index is 13.6. The molecule has 1 amide bonds. The van der Waals surface area contributed by atoms with Crippen LogP contribution in [0.5, 0.6) is 0 Å². The van der Waals surface area contributed by atoms with Crippen molar-refractivity contribution in [1.82, 2.24) is 10.3 Å². The summed E-state index contributed by atoms with van der Waals surface area (Å²) in [5, 5.41) is 14.7. The molecule has 7 heteroatoms. The largest absolute Gasteiger partial charge is 0.480 e. The van der Waals surface area contributed by atoms with E-state index < -0.39 is 17.9 Å². The number of aliphatic carboxylic acids is 1. The molecule has 42 heavy (non-hydrogen) atoms. The summed E-state index contributed by atoms with van der Waals surface area (Å²) < 4.78 is 0. The molecule has 0 saturated heterocycles. The van der Waals surface area contributed by atoms with Gasteiger partial charge in [-0.2, -0.15) is 11.8 Å². The highest BCUT2D eigenvalue weighted by molar-refractivity contribution is 7.98. The fourth-order valence-electron chi connectivity index (χ4n) is 5.02. The van der Waals surface area contributed by atoms with Gasteiger partial charge < -0.3 is 15.3 Å². The number of carbonyl (C=O) groups excluding carboxylic acids is 1. The maximum atomic E-state index is 13.6. The molecule has 6 nitrogen and oxygen atoms in total. The van der Waals surface area contributed by atoms with E-state index in [1.807, 2.05) is 79.2 Å². The van der Waals surface area contributed by atoms with E-state index in [1.165, 1.54) is 5.56 Å². The Bertz CT molecular complexity index is 1660. The quantitative estimate of drug-likeness (QED) is 0.166. The number of nitrogens with one attached hydrogen (secondary N) is 1. The van der Waals surface area contributed by atoms with E-state index >= 15 is 0 Å². The van der Waals surface area contributed by atoms with E-state index in [-0.39, 0.29) is 0 Å². The summed E-state index contributed by atoms with van der Waals surface area (Å²) in [4.78, 5) is 32.1. The first kappa shape index (κ1) is 28.9. The normalized spacial score (nSPS) is 11.6. The van der Waals surface area contributed by atoms with Crippen molar-refractivity contribution in [2.45, 2.75) is 25.6 Å². The van der Waals surface area contributed by atoms with Gasteiger partial charge in [-0.1, -0.05) is 72.8 Å². The Morgan fingerprint density at radius 1 is 0.857 bits per heavy atom. The Kier molecular flexibility index (Phi) is 9.51. The van der Waals surface area contributed by atoms with Crippen molar-refractivity contribution in [3.8, 4) is 11.1 Å². The van der Waals surface area contributed by atoms with E-state index in [0.29, 0.717) is 30.8 Å². The van der Waals surface area contributed by atoms with Gasteiger partial charge in [-0.3, -0.25) is 9.78 Å².